The average molecular weight is 414 g/mol. The number of likely N-dealkylation sites (tertiary alicyclic amines) is 1. The Kier molecular flexibility index (Phi) is 6.86. The molecule has 29 heavy (non-hydrogen) atoms. The lowest BCUT2D eigenvalue weighted by Gasteiger charge is -2.24. The minimum Gasteiger partial charge on any atom is -0.480 e. The number of hydrogen-bond donors (Lipinski definition) is 1. The molecule has 1 N–H and O–H groups in total. The molecule has 0 radical (unpaired) electrons. The van der Waals surface area contributed by atoms with Crippen LogP contribution in [0, 0.1) is 11.8 Å². The molecule has 0 spiro atoms. The van der Waals surface area contributed by atoms with E-state index in [1.165, 1.54) is 0 Å². The molecule has 1 heterocycles. The second kappa shape index (κ2) is 9.54. The molecule has 1 aliphatic rings. The van der Waals surface area contributed by atoms with Crippen molar-refractivity contribution in [2.75, 3.05) is 25.4 Å². The van der Waals surface area contributed by atoms with Gasteiger partial charge in [-0.2, -0.15) is 0 Å². The van der Waals surface area contributed by atoms with Gasteiger partial charge in [0.2, 0.25) is 21.8 Å². The van der Waals surface area contributed by atoms with Crippen molar-refractivity contribution in [3.05, 3.63) is 42.5 Å². The Morgan fingerprint density at radius 3 is 2.52 bits per heavy atom. The first kappa shape index (κ1) is 20.8. The summed E-state index contributed by atoms with van der Waals surface area (Å²) in [5.41, 5.74) is 0. The van der Waals surface area contributed by atoms with Gasteiger partial charge in [0.25, 0.3) is 0 Å². The predicted molar refractivity (Wildman–Crippen MR) is 110 cm³/mol. The van der Waals surface area contributed by atoms with Crippen LogP contribution in [0.25, 0.3) is 10.8 Å². The van der Waals surface area contributed by atoms with Crippen LogP contribution in [0.15, 0.2) is 42.5 Å². The van der Waals surface area contributed by atoms with Gasteiger partial charge in [0.05, 0.1) is 12.3 Å². The van der Waals surface area contributed by atoms with Gasteiger partial charge in [-0.05, 0) is 17.9 Å². The lowest BCUT2D eigenvalue weighted by atomic mass is 10.1. The van der Waals surface area contributed by atoms with E-state index in [1.54, 1.807) is 0 Å². The van der Waals surface area contributed by atoms with Crippen LogP contribution in [-0.4, -0.2) is 50.6 Å². The zero-order chi connectivity index (χ0) is 20.7. The van der Waals surface area contributed by atoms with Crippen molar-refractivity contribution in [3.8, 4) is 17.6 Å². The van der Waals surface area contributed by atoms with E-state index in [-0.39, 0.29) is 50.1 Å². The normalized spacial score (nSPS) is 14.6. The number of benzene rings is 2. The van der Waals surface area contributed by atoms with Gasteiger partial charge in [-0.1, -0.05) is 48.2 Å². The highest BCUT2D eigenvalue weighted by molar-refractivity contribution is 7.89. The summed E-state index contributed by atoms with van der Waals surface area (Å²) in [5.74, 6) is 5.22. The zero-order valence-corrected chi connectivity index (χ0v) is 16.7. The SMILES string of the molecule is O=C1CCCC(=O)N1CCS(=O)(=O)NCC#CCOc1cccc2ccccc12. The maximum absolute atomic E-state index is 12.0. The third-order valence-electron chi connectivity index (χ3n) is 4.52. The van der Waals surface area contributed by atoms with Crippen LogP contribution in [0.2, 0.25) is 0 Å². The molecule has 0 atom stereocenters. The molecule has 2 amide bonds. The molecule has 8 heteroatoms. The standard InChI is InChI=1S/C21H22N2O5S/c24-20-11-6-12-21(25)23(20)14-16-29(26,27)22-13-3-4-15-28-19-10-5-8-17-7-1-2-9-18(17)19/h1-2,5,7-10,22H,6,11-16H2. The number of fused-ring (bicyclic) bond motifs is 1. The van der Waals surface area contributed by atoms with Crippen LogP contribution in [0.1, 0.15) is 19.3 Å². The van der Waals surface area contributed by atoms with E-state index >= 15 is 0 Å². The molecule has 2 aromatic carbocycles. The number of piperidine rings is 1. The minimum absolute atomic E-state index is 0.0663. The van der Waals surface area contributed by atoms with Crippen LogP contribution < -0.4 is 9.46 Å². The quantitative estimate of drug-likeness (QED) is 0.550. The minimum atomic E-state index is -3.64. The molecule has 152 valence electrons. The number of hydrogen-bond acceptors (Lipinski definition) is 5. The second-order valence-corrected chi connectivity index (χ2v) is 8.48. The maximum Gasteiger partial charge on any atom is 0.229 e. The number of sulfonamides is 1. The summed E-state index contributed by atoms with van der Waals surface area (Å²) >= 11 is 0. The number of rotatable bonds is 7. The van der Waals surface area contributed by atoms with Crippen molar-refractivity contribution in [1.82, 2.24) is 9.62 Å². The Labute approximate surface area is 170 Å². The highest BCUT2D eigenvalue weighted by atomic mass is 32.2. The van der Waals surface area contributed by atoms with Crippen molar-refractivity contribution in [3.63, 3.8) is 0 Å². The molecule has 0 bridgehead atoms. The molecule has 1 aliphatic heterocycles. The predicted octanol–water partition coefficient (Wildman–Crippen LogP) is 1.68. The summed E-state index contributed by atoms with van der Waals surface area (Å²) in [6.07, 6.45) is 1.08. The van der Waals surface area contributed by atoms with Gasteiger partial charge in [0.15, 0.2) is 0 Å². The number of nitrogens with one attached hydrogen (secondary N) is 1. The largest absolute Gasteiger partial charge is 0.480 e. The first-order valence-electron chi connectivity index (χ1n) is 9.33. The van der Waals surface area contributed by atoms with Gasteiger partial charge >= 0.3 is 0 Å². The van der Waals surface area contributed by atoms with E-state index < -0.39 is 10.0 Å². The number of nitrogens with zero attached hydrogens (tertiary/aromatic N) is 1. The Morgan fingerprint density at radius 1 is 1.00 bits per heavy atom. The molecule has 7 nitrogen and oxygen atoms in total. The van der Waals surface area contributed by atoms with Gasteiger partial charge in [0, 0.05) is 24.8 Å². The average Bonchev–Trinajstić information content (AvgIpc) is 2.70. The van der Waals surface area contributed by atoms with Crippen molar-refractivity contribution in [2.24, 2.45) is 0 Å². The number of carbonyl (C=O) groups excluding carboxylic acids is 2. The summed E-state index contributed by atoms with van der Waals surface area (Å²) in [6.45, 7) is -0.0692. The fourth-order valence-corrected chi connectivity index (χ4v) is 3.89. The number of carbonyl (C=O) groups is 2. The summed E-state index contributed by atoms with van der Waals surface area (Å²) in [4.78, 5) is 24.4. The molecule has 0 saturated carbocycles. The van der Waals surface area contributed by atoms with E-state index in [0.29, 0.717) is 12.2 Å². The zero-order valence-electron chi connectivity index (χ0n) is 15.9. The Hall–Kier alpha value is -2.89. The van der Waals surface area contributed by atoms with E-state index in [2.05, 4.69) is 16.6 Å². The highest BCUT2D eigenvalue weighted by Crippen LogP contribution is 2.24. The lowest BCUT2D eigenvalue weighted by molar-refractivity contribution is -0.147. The summed E-state index contributed by atoms with van der Waals surface area (Å²) in [7, 11) is -3.64. The molecule has 1 fully saturated rings. The monoisotopic (exact) mass is 414 g/mol. The van der Waals surface area contributed by atoms with Gasteiger partial charge in [-0.15, -0.1) is 0 Å². The smallest absolute Gasteiger partial charge is 0.229 e. The molecular weight excluding hydrogens is 392 g/mol. The summed E-state index contributed by atoms with van der Waals surface area (Å²) < 4.78 is 32.1. The maximum atomic E-state index is 12.0. The van der Waals surface area contributed by atoms with Crippen molar-refractivity contribution < 1.29 is 22.7 Å². The fraction of sp³-hybridized carbons (Fsp3) is 0.333. The van der Waals surface area contributed by atoms with Crippen LogP contribution in [0.4, 0.5) is 0 Å². The lowest BCUT2D eigenvalue weighted by Crippen LogP contribution is -2.44. The molecule has 1 saturated heterocycles. The summed E-state index contributed by atoms with van der Waals surface area (Å²) in [6, 6.07) is 13.6. The molecule has 2 aromatic rings. The first-order valence-corrected chi connectivity index (χ1v) is 11.0. The van der Waals surface area contributed by atoms with Crippen LogP contribution in [0.5, 0.6) is 5.75 Å². The highest BCUT2D eigenvalue weighted by Gasteiger charge is 2.26. The van der Waals surface area contributed by atoms with Crippen LogP contribution in [0.3, 0.4) is 0 Å². The van der Waals surface area contributed by atoms with E-state index in [9.17, 15) is 18.0 Å². The third kappa shape index (κ3) is 5.79. The number of imide groups is 1. The Morgan fingerprint density at radius 2 is 1.72 bits per heavy atom. The van der Waals surface area contributed by atoms with Gasteiger partial charge < -0.3 is 4.74 Å². The van der Waals surface area contributed by atoms with Gasteiger partial charge in [-0.3, -0.25) is 14.5 Å². The summed E-state index contributed by atoms with van der Waals surface area (Å²) in [5, 5.41) is 2.05. The van der Waals surface area contributed by atoms with Crippen molar-refractivity contribution >= 4 is 32.6 Å². The van der Waals surface area contributed by atoms with E-state index in [4.69, 9.17) is 4.74 Å². The molecular formula is C21H22N2O5S. The van der Waals surface area contributed by atoms with E-state index in [1.807, 2.05) is 42.5 Å². The van der Waals surface area contributed by atoms with Gasteiger partial charge in [0.1, 0.15) is 12.4 Å². The topological polar surface area (TPSA) is 92.8 Å². The molecule has 0 unspecified atom stereocenters. The second-order valence-electron chi connectivity index (χ2n) is 6.55. The molecule has 3 rings (SSSR count). The Balaban J connectivity index is 1.44. The molecule has 0 aromatic heterocycles. The van der Waals surface area contributed by atoms with Crippen molar-refractivity contribution in [2.45, 2.75) is 19.3 Å². The number of amides is 2. The van der Waals surface area contributed by atoms with Crippen LogP contribution >= 0.6 is 0 Å². The van der Waals surface area contributed by atoms with E-state index in [0.717, 1.165) is 15.7 Å². The number of ether oxygens (including phenoxy) is 1. The molecule has 0 aliphatic carbocycles. The van der Waals surface area contributed by atoms with Gasteiger partial charge in [-0.25, -0.2) is 13.1 Å². The third-order valence-corrected chi connectivity index (χ3v) is 5.83. The van der Waals surface area contributed by atoms with Crippen molar-refractivity contribution in [1.29, 1.82) is 0 Å². The first-order chi connectivity index (χ1) is 14.0. The Bertz CT molecular complexity index is 1050. The van der Waals surface area contributed by atoms with Crippen LogP contribution in [-0.2, 0) is 19.6 Å². The fourth-order valence-electron chi connectivity index (χ4n) is 3.03.